The monoisotopic (exact) mass is 849 g/mol. The van der Waals surface area contributed by atoms with Crippen LogP contribution in [0.4, 0.5) is 22.9 Å². The average molecular weight is 850 g/mol. The molecule has 4 aromatic carbocycles. The molecule has 0 spiro atoms. The van der Waals surface area contributed by atoms with Gasteiger partial charge in [-0.1, -0.05) is 36.4 Å². The summed E-state index contributed by atoms with van der Waals surface area (Å²) in [6.07, 6.45) is 5.96. The number of nitrogens with one attached hydrogen (secondary N) is 2. The zero-order chi connectivity index (χ0) is 41.4. The van der Waals surface area contributed by atoms with Gasteiger partial charge in [0.15, 0.2) is 5.82 Å². The first-order valence-corrected chi connectivity index (χ1v) is 23.0. The molecule has 13 nitrogen and oxygen atoms in total. The number of hydrogen-bond acceptors (Lipinski definition) is 13. The lowest BCUT2D eigenvalue weighted by atomic mass is 10.1. The van der Waals surface area contributed by atoms with E-state index in [1.807, 2.05) is 74.9 Å². The third-order valence-electron chi connectivity index (χ3n) is 10.2. The lowest BCUT2D eigenvalue weighted by molar-refractivity contribution is -0.384. The minimum Gasteiger partial charge on any atom is -0.376 e. The van der Waals surface area contributed by atoms with Crippen LogP contribution in [0.3, 0.4) is 0 Å². The van der Waals surface area contributed by atoms with Gasteiger partial charge in [-0.2, -0.15) is 0 Å². The van der Waals surface area contributed by atoms with Crippen LogP contribution in [0.5, 0.6) is 0 Å². The first-order chi connectivity index (χ1) is 28.6. The number of nitrogens with zero attached hydrogens (tertiary/aromatic N) is 7. The smallest absolute Gasteiger partial charge is 0.293 e. The van der Waals surface area contributed by atoms with E-state index in [4.69, 9.17) is 4.98 Å². The van der Waals surface area contributed by atoms with E-state index in [0.29, 0.717) is 16.7 Å². The standard InChI is InChI=1S/C43H47N9O4S3/c1-49(2)21-19-33(29-58-36-9-5-4-6-10-36)47-39-18-16-37(27-41(39)52(53)54)59(55,56)48-43-38-17-13-34(26-40(38)45-30-46-43)51-24-22-50(23-25-51)28-32-8-7-20-44-42(32)31-11-14-35(57-3)15-12-31/h4-18,20,26-27,30,33,47H,19,21-25,28-29H2,1-3H3,(H,45,46,48). The summed E-state index contributed by atoms with van der Waals surface area (Å²) >= 11 is 3.38. The molecule has 1 unspecified atom stereocenters. The third-order valence-corrected chi connectivity index (χ3v) is 13.4. The average Bonchev–Trinajstić information content (AvgIpc) is 3.25. The number of nitro benzene ring substituents is 1. The maximum atomic E-state index is 13.8. The molecular formula is C43H47N9O4S3. The van der Waals surface area contributed by atoms with Crippen molar-refractivity contribution in [3.63, 3.8) is 0 Å². The van der Waals surface area contributed by atoms with Gasteiger partial charge < -0.3 is 15.1 Å². The maximum absolute atomic E-state index is 13.8. The Bertz CT molecular complexity index is 2490. The second kappa shape index (κ2) is 19.2. The Morgan fingerprint density at radius 1 is 0.881 bits per heavy atom. The summed E-state index contributed by atoms with van der Waals surface area (Å²) in [5.74, 6) is 0.754. The Labute approximate surface area is 353 Å². The molecule has 1 aliphatic rings. The molecule has 6 aromatic rings. The first-order valence-electron chi connectivity index (χ1n) is 19.3. The quantitative estimate of drug-likeness (QED) is 0.0520. The van der Waals surface area contributed by atoms with Crippen LogP contribution in [-0.4, -0.2) is 103 Å². The summed E-state index contributed by atoms with van der Waals surface area (Å²) < 4.78 is 30.1. The van der Waals surface area contributed by atoms with E-state index in [1.54, 1.807) is 23.5 Å². The minimum atomic E-state index is -4.27. The normalized spacial score (nSPS) is 14.1. The Morgan fingerprint density at radius 3 is 2.39 bits per heavy atom. The van der Waals surface area contributed by atoms with Gasteiger partial charge in [-0.3, -0.25) is 24.7 Å². The van der Waals surface area contributed by atoms with Gasteiger partial charge in [0.25, 0.3) is 15.7 Å². The molecule has 0 saturated carbocycles. The minimum absolute atomic E-state index is 0.0910. The molecule has 0 radical (unpaired) electrons. The molecule has 2 N–H and O–H groups in total. The van der Waals surface area contributed by atoms with Crippen molar-refractivity contribution in [2.75, 3.05) is 73.8 Å². The van der Waals surface area contributed by atoms with Crippen LogP contribution in [0.1, 0.15) is 12.0 Å². The molecular weight excluding hydrogens is 803 g/mol. The van der Waals surface area contributed by atoms with Crippen LogP contribution in [0.2, 0.25) is 0 Å². The highest BCUT2D eigenvalue weighted by Gasteiger charge is 2.25. The number of rotatable bonds is 17. The van der Waals surface area contributed by atoms with E-state index in [-0.39, 0.29) is 28.1 Å². The summed E-state index contributed by atoms with van der Waals surface area (Å²) in [7, 11) is -0.310. The van der Waals surface area contributed by atoms with Crippen LogP contribution in [0, 0.1) is 10.1 Å². The highest BCUT2D eigenvalue weighted by molar-refractivity contribution is 7.99. The van der Waals surface area contributed by atoms with Gasteiger partial charge in [-0.05, 0) is 99.5 Å². The fourth-order valence-electron chi connectivity index (χ4n) is 6.99. The zero-order valence-corrected chi connectivity index (χ0v) is 35.6. The Balaban J connectivity index is 1.02. The largest absolute Gasteiger partial charge is 0.376 e. The van der Waals surface area contributed by atoms with Crippen molar-refractivity contribution < 1.29 is 13.3 Å². The number of anilines is 3. The first kappa shape index (κ1) is 41.9. The molecule has 7 rings (SSSR count). The lowest BCUT2D eigenvalue weighted by Crippen LogP contribution is -2.46. The van der Waals surface area contributed by atoms with E-state index < -0.39 is 14.9 Å². The summed E-state index contributed by atoms with van der Waals surface area (Å²) in [6, 6.07) is 32.2. The molecule has 16 heteroatoms. The molecule has 59 heavy (non-hydrogen) atoms. The second-order valence-electron chi connectivity index (χ2n) is 14.5. The number of aromatic nitrogens is 3. The highest BCUT2D eigenvalue weighted by Crippen LogP contribution is 2.33. The molecule has 306 valence electrons. The molecule has 1 atom stereocenters. The second-order valence-corrected chi connectivity index (χ2v) is 18.2. The lowest BCUT2D eigenvalue weighted by Gasteiger charge is -2.36. The SMILES string of the molecule is CSc1ccc(-c2ncccc2CN2CCN(c3ccc4c(NS(=O)(=O)c5ccc(NC(CCN(C)C)CSc6ccccc6)c([N+](=O)[O-])c5)ncnc4c3)CC2)cc1. The number of nitro groups is 1. The van der Waals surface area contributed by atoms with Gasteiger partial charge in [0, 0.05) is 83.2 Å². The number of sulfonamides is 1. The fraction of sp³-hybridized carbons (Fsp3) is 0.279. The Hall–Kier alpha value is -5.26. The maximum Gasteiger partial charge on any atom is 0.293 e. The molecule has 0 aliphatic carbocycles. The number of fused-ring (bicyclic) bond motifs is 1. The summed E-state index contributed by atoms with van der Waals surface area (Å²) in [4.78, 5) is 34.1. The van der Waals surface area contributed by atoms with E-state index in [2.05, 4.69) is 71.3 Å². The highest BCUT2D eigenvalue weighted by atomic mass is 32.2. The number of piperazine rings is 1. The van der Waals surface area contributed by atoms with Crippen molar-refractivity contribution in [1.82, 2.24) is 24.8 Å². The third kappa shape index (κ3) is 10.7. The number of benzene rings is 4. The molecule has 1 fully saturated rings. The van der Waals surface area contributed by atoms with Crippen LogP contribution in [0.25, 0.3) is 22.2 Å². The number of pyridine rings is 1. The van der Waals surface area contributed by atoms with E-state index in [1.165, 1.54) is 28.9 Å². The van der Waals surface area contributed by atoms with Crippen molar-refractivity contribution in [1.29, 1.82) is 0 Å². The van der Waals surface area contributed by atoms with Crippen molar-refractivity contribution in [2.24, 2.45) is 0 Å². The molecule has 1 aliphatic heterocycles. The van der Waals surface area contributed by atoms with Crippen LogP contribution >= 0.6 is 23.5 Å². The van der Waals surface area contributed by atoms with E-state index in [9.17, 15) is 18.5 Å². The number of thioether (sulfide) groups is 2. The van der Waals surface area contributed by atoms with Gasteiger partial charge >= 0.3 is 0 Å². The molecule has 3 heterocycles. The Kier molecular flexibility index (Phi) is 13.6. The van der Waals surface area contributed by atoms with Crippen LogP contribution < -0.4 is 14.9 Å². The summed E-state index contributed by atoms with van der Waals surface area (Å²) in [5, 5.41) is 16.2. The number of hydrogen-bond donors (Lipinski definition) is 2. The molecule has 1 saturated heterocycles. The van der Waals surface area contributed by atoms with E-state index in [0.717, 1.165) is 73.6 Å². The topological polar surface area (TPSA) is 150 Å². The Morgan fingerprint density at radius 2 is 1.66 bits per heavy atom. The van der Waals surface area contributed by atoms with Crippen LogP contribution in [-0.2, 0) is 16.6 Å². The predicted molar refractivity (Wildman–Crippen MR) is 240 cm³/mol. The fourth-order valence-corrected chi connectivity index (χ4v) is 9.44. The summed E-state index contributed by atoms with van der Waals surface area (Å²) in [6.45, 7) is 4.89. The molecule has 0 bridgehead atoms. The van der Waals surface area contributed by atoms with Crippen molar-refractivity contribution in [3.05, 3.63) is 131 Å². The molecule has 2 aromatic heterocycles. The van der Waals surface area contributed by atoms with Crippen molar-refractivity contribution in [2.45, 2.75) is 33.7 Å². The van der Waals surface area contributed by atoms with Crippen molar-refractivity contribution >= 4 is 67.3 Å². The summed E-state index contributed by atoms with van der Waals surface area (Å²) in [5.41, 5.74) is 4.79. The van der Waals surface area contributed by atoms with Crippen LogP contribution in [0.15, 0.2) is 130 Å². The zero-order valence-electron chi connectivity index (χ0n) is 33.2. The van der Waals surface area contributed by atoms with Gasteiger partial charge in [0.05, 0.1) is 21.0 Å². The predicted octanol–water partition coefficient (Wildman–Crippen LogP) is 7.97. The van der Waals surface area contributed by atoms with Gasteiger partial charge in [0.1, 0.15) is 12.0 Å². The van der Waals surface area contributed by atoms with E-state index >= 15 is 0 Å². The van der Waals surface area contributed by atoms with Gasteiger partial charge in [0.2, 0.25) is 0 Å². The molecule has 0 amide bonds. The van der Waals surface area contributed by atoms with Gasteiger partial charge in [-0.25, -0.2) is 18.4 Å². The van der Waals surface area contributed by atoms with Gasteiger partial charge in [-0.15, -0.1) is 23.5 Å². The van der Waals surface area contributed by atoms with Crippen molar-refractivity contribution in [3.8, 4) is 11.3 Å².